The lowest BCUT2D eigenvalue weighted by atomic mass is 10.2. The molecule has 0 aromatic heterocycles. The number of rotatable bonds is 7. The number of hydrogen-bond acceptors (Lipinski definition) is 5. The van der Waals surface area contributed by atoms with Crippen molar-refractivity contribution in [1.29, 1.82) is 5.26 Å². The Bertz CT molecular complexity index is 911. The fourth-order valence-electron chi connectivity index (χ4n) is 2.42. The molecule has 0 aliphatic rings. The van der Waals surface area contributed by atoms with E-state index in [9.17, 15) is 13.7 Å². The molecule has 0 spiro atoms. The Morgan fingerprint density at radius 2 is 1.69 bits per heavy atom. The van der Waals surface area contributed by atoms with Gasteiger partial charge in [-0.05, 0) is 62.4 Å². The fraction of sp³-hybridized carbons (Fsp3) is 0.211. The number of hydrogen-bond donors (Lipinski definition) is 1. The van der Waals surface area contributed by atoms with E-state index >= 15 is 0 Å². The molecule has 0 saturated carbocycles. The van der Waals surface area contributed by atoms with Gasteiger partial charge >= 0.3 is 0 Å². The molecule has 0 fully saturated rings. The van der Waals surface area contributed by atoms with Crippen LogP contribution in [0.1, 0.15) is 13.8 Å². The van der Waals surface area contributed by atoms with Crippen molar-refractivity contribution < 1.29 is 8.42 Å². The first-order chi connectivity index (χ1) is 12.4. The molecule has 0 radical (unpaired) electrons. The molecule has 0 saturated heterocycles. The van der Waals surface area contributed by atoms with E-state index < -0.39 is 9.84 Å². The van der Waals surface area contributed by atoms with Gasteiger partial charge in [0.2, 0.25) is 9.84 Å². The second-order valence-corrected chi connectivity index (χ2v) is 7.80. The van der Waals surface area contributed by atoms with Crippen LogP contribution in [0.2, 0.25) is 5.02 Å². The summed E-state index contributed by atoms with van der Waals surface area (Å²) in [5.41, 5.74) is 1.78. The molecule has 5 nitrogen and oxygen atoms in total. The zero-order valence-corrected chi connectivity index (χ0v) is 16.2. The summed E-state index contributed by atoms with van der Waals surface area (Å²) >= 11 is 5.78. The number of benzene rings is 2. The molecular formula is C19H20ClN3O2S. The van der Waals surface area contributed by atoms with Gasteiger partial charge in [-0.25, -0.2) is 8.42 Å². The highest BCUT2D eigenvalue weighted by Gasteiger charge is 2.20. The number of nitrogens with one attached hydrogen (secondary N) is 1. The van der Waals surface area contributed by atoms with E-state index in [2.05, 4.69) is 24.1 Å². The minimum Gasteiger partial charge on any atom is -0.372 e. The highest BCUT2D eigenvalue weighted by atomic mass is 35.5. The Morgan fingerprint density at radius 1 is 1.12 bits per heavy atom. The predicted octanol–water partition coefficient (Wildman–Crippen LogP) is 4.44. The van der Waals surface area contributed by atoms with Crippen molar-refractivity contribution in [1.82, 2.24) is 0 Å². The van der Waals surface area contributed by atoms with E-state index in [1.807, 2.05) is 24.3 Å². The smallest absolute Gasteiger partial charge is 0.218 e. The number of nitriles is 1. The third-order valence-corrected chi connectivity index (χ3v) is 5.82. The molecule has 7 heteroatoms. The number of nitrogens with zero attached hydrogens (tertiary/aromatic N) is 2. The van der Waals surface area contributed by atoms with Gasteiger partial charge in [0.25, 0.3) is 0 Å². The highest BCUT2D eigenvalue weighted by Crippen LogP contribution is 2.22. The topological polar surface area (TPSA) is 73.2 Å². The number of anilines is 2. The van der Waals surface area contributed by atoms with Gasteiger partial charge in [0.15, 0.2) is 4.91 Å². The van der Waals surface area contributed by atoms with Crippen LogP contribution >= 0.6 is 11.6 Å². The van der Waals surface area contributed by atoms with Gasteiger partial charge in [0.05, 0.1) is 4.90 Å². The molecule has 0 heterocycles. The normalized spacial score (nSPS) is 11.7. The summed E-state index contributed by atoms with van der Waals surface area (Å²) in [4.78, 5) is 1.85. The van der Waals surface area contributed by atoms with Crippen LogP contribution in [0.25, 0.3) is 0 Å². The molecule has 1 N–H and O–H groups in total. The zero-order chi connectivity index (χ0) is 19.2. The molecule has 0 atom stereocenters. The lowest BCUT2D eigenvalue weighted by molar-refractivity contribution is 0.603. The predicted molar refractivity (Wildman–Crippen MR) is 106 cm³/mol. The molecule has 136 valence electrons. The lowest BCUT2D eigenvalue weighted by Crippen LogP contribution is -2.21. The van der Waals surface area contributed by atoms with Crippen LogP contribution in [0.3, 0.4) is 0 Å². The fourth-order valence-corrected chi connectivity index (χ4v) is 3.63. The van der Waals surface area contributed by atoms with Crippen molar-refractivity contribution in [2.24, 2.45) is 0 Å². The Balaban J connectivity index is 2.22. The van der Waals surface area contributed by atoms with Crippen LogP contribution in [0, 0.1) is 11.3 Å². The van der Waals surface area contributed by atoms with Crippen molar-refractivity contribution in [2.45, 2.75) is 18.7 Å². The quantitative estimate of drug-likeness (QED) is 0.709. The molecule has 26 heavy (non-hydrogen) atoms. The van der Waals surface area contributed by atoms with Crippen molar-refractivity contribution in [3.63, 3.8) is 0 Å². The standard InChI is InChI=1S/C19H20ClN3O2S/c1-3-23(4-2)17-9-7-16(8-10-17)22-14-19(13-21)26(24,25)18-11-5-15(20)6-12-18/h5-12,14,22H,3-4H2,1-2H3/b19-14-. The van der Waals surface area contributed by atoms with Crippen molar-refractivity contribution in [3.05, 3.63) is 64.7 Å². The maximum absolute atomic E-state index is 12.5. The summed E-state index contributed by atoms with van der Waals surface area (Å²) in [5, 5.41) is 12.6. The minimum atomic E-state index is -3.90. The summed E-state index contributed by atoms with van der Waals surface area (Å²) < 4.78 is 25.1. The van der Waals surface area contributed by atoms with Gasteiger partial charge in [-0.2, -0.15) is 5.26 Å². The van der Waals surface area contributed by atoms with E-state index in [0.717, 1.165) is 18.8 Å². The molecule has 0 amide bonds. The van der Waals surface area contributed by atoms with Crippen LogP contribution in [0.4, 0.5) is 11.4 Å². The number of sulfone groups is 1. The third-order valence-electron chi connectivity index (χ3n) is 3.89. The van der Waals surface area contributed by atoms with Gasteiger partial charge in [0, 0.05) is 35.7 Å². The molecule has 0 unspecified atom stereocenters. The monoisotopic (exact) mass is 389 g/mol. The van der Waals surface area contributed by atoms with Crippen molar-refractivity contribution >= 4 is 32.8 Å². The minimum absolute atomic E-state index is 0.0216. The number of allylic oxidation sites excluding steroid dienone is 1. The first-order valence-corrected chi connectivity index (χ1v) is 10.0. The lowest BCUT2D eigenvalue weighted by Gasteiger charge is -2.21. The zero-order valence-electron chi connectivity index (χ0n) is 14.6. The molecule has 2 aromatic carbocycles. The molecule has 2 rings (SSSR count). The third kappa shape index (κ3) is 4.57. The van der Waals surface area contributed by atoms with Crippen LogP contribution < -0.4 is 10.2 Å². The van der Waals surface area contributed by atoms with Crippen molar-refractivity contribution in [3.8, 4) is 6.07 Å². The summed E-state index contributed by atoms with van der Waals surface area (Å²) in [6, 6.07) is 15.0. The van der Waals surface area contributed by atoms with Gasteiger partial charge in [-0.3, -0.25) is 0 Å². The SMILES string of the molecule is CCN(CC)c1ccc(N/C=C(/C#N)S(=O)(=O)c2ccc(Cl)cc2)cc1. The first-order valence-electron chi connectivity index (χ1n) is 8.14. The van der Waals surface area contributed by atoms with Crippen molar-refractivity contribution in [2.75, 3.05) is 23.3 Å². The first kappa shape index (κ1) is 19.8. The highest BCUT2D eigenvalue weighted by molar-refractivity contribution is 7.95. The van der Waals surface area contributed by atoms with E-state index in [-0.39, 0.29) is 9.80 Å². The molecule has 0 bridgehead atoms. The van der Waals surface area contributed by atoms with Crippen LogP contribution in [-0.4, -0.2) is 21.5 Å². The maximum atomic E-state index is 12.5. The Morgan fingerprint density at radius 3 is 2.19 bits per heavy atom. The second kappa shape index (κ2) is 8.75. The summed E-state index contributed by atoms with van der Waals surface area (Å²) in [7, 11) is -3.90. The van der Waals surface area contributed by atoms with Crippen LogP contribution in [0.5, 0.6) is 0 Å². The van der Waals surface area contributed by atoms with E-state index in [4.69, 9.17) is 11.6 Å². The molecule has 2 aromatic rings. The van der Waals surface area contributed by atoms with Crippen LogP contribution in [0.15, 0.2) is 64.5 Å². The Hall–Kier alpha value is -2.49. The van der Waals surface area contributed by atoms with E-state index in [1.165, 1.54) is 30.5 Å². The van der Waals surface area contributed by atoms with Crippen LogP contribution in [-0.2, 0) is 9.84 Å². The average Bonchev–Trinajstić information content (AvgIpc) is 2.64. The van der Waals surface area contributed by atoms with E-state index in [0.29, 0.717) is 10.7 Å². The molecule has 0 aliphatic heterocycles. The average molecular weight is 390 g/mol. The van der Waals surface area contributed by atoms with Gasteiger partial charge in [-0.15, -0.1) is 0 Å². The summed E-state index contributed by atoms with van der Waals surface area (Å²) in [6.07, 6.45) is 1.20. The van der Waals surface area contributed by atoms with Gasteiger partial charge in [0.1, 0.15) is 6.07 Å². The molecular weight excluding hydrogens is 370 g/mol. The summed E-state index contributed by atoms with van der Waals surface area (Å²) in [6.45, 7) is 5.97. The largest absolute Gasteiger partial charge is 0.372 e. The summed E-state index contributed by atoms with van der Waals surface area (Å²) in [5.74, 6) is 0. The second-order valence-electron chi connectivity index (χ2n) is 5.44. The molecule has 0 aliphatic carbocycles. The Labute approximate surface area is 159 Å². The van der Waals surface area contributed by atoms with Gasteiger partial charge < -0.3 is 10.2 Å². The number of halogens is 1. The van der Waals surface area contributed by atoms with Gasteiger partial charge in [-0.1, -0.05) is 11.6 Å². The Kier molecular flexibility index (Phi) is 6.67. The van der Waals surface area contributed by atoms with E-state index in [1.54, 1.807) is 6.07 Å². The maximum Gasteiger partial charge on any atom is 0.218 e.